The smallest absolute Gasteiger partial charge is 0.227 e. The van der Waals surface area contributed by atoms with Crippen LogP contribution in [0.1, 0.15) is 25.3 Å². The van der Waals surface area contributed by atoms with Crippen LogP contribution in [0.25, 0.3) is 11.1 Å². The quantitative estimate of drug-likeness (QED) is 0.815. The molecular formula is C22H28N2O3. The maximum Gasteiger partial charge on any atom is 0.227 e. The first-order valence-electron chi connectivity index (χ1n) is 9.50. The summed E-state index contributed by atoms with van der Waals surface area (Å²) in [5, 5.41) is 3.13. The lowest BCUT2D eigenvalue weighted by Gasteiger charge is -2.37. The predicted molar refractivity (Wildman–Crippen MR) is 105 cm³/mol. The van der Waals surface area contributed by atoms with Crippen molar-refractivity contribution in [2.75, 3.05) is 26.9 Å². The van der Waals surface area contributed by atoms with Gasteiger partial charge in [0.15, 0.2) is 0 Å². The van der Waals surface area contributed by atoms with E-state index < -0.39 is 5.41 Å². The number of nitrogens with zero attached hydrogens (tertiary/aromatic N) is 1. The van der Waals surface area contributed by atoms with Crippen molar-refractivity contribution in [3.63, 3.8) is 0 Å². The number of hydrogen-bond acceptors (Lipinski definition) is 4. The molecule has 5 heteroatoms. The Kier molecular flexibility index (Phi) is 6.58. The molecule has 1 aliphatic heterocycles. The second-order valence-electron chi connectivity index (χ2n) is 7.34. The monoisotopic (exact) mass is 368 g/mol. The Bertz CT molecular complexity index is 742. The average Bonchev–Trinajstić information content (AvgIpc) is 2.70. The molecule has 1 unspecified atom stereocenters. The summed E-state index contributed by atoms with van der Waals surface area (Å²) in [4.78, 5) is 17.3. The molecule has 0 aliphatic carbocycles. The van der Waals surface area contributed by atoms with Crippen molar-refractivity contribution in [2.24, 2.45) is 5.41 Å². The standard InChI is InChI=1S/C22H28N2O3/c1-17(16-26-2)24-21(25)22(8-11-27-12-9-22)14-18-5-3-6-19(13-18)20-7-4-10-23-15-20/h3-7,10,13,15,17H,8-9,11-12,14,16H2,1-2H3,(H,24,25). The molecule has 1 fully saturated rings. The molecule has 0 saturated carbocycles. The summed E-state index contributed by atoms with van der Waals surface area (Å²) in [6.45, 7) is 3.72. The second kappa shape index (κ2) is 9.11. The van der Waals surface area contributed by atoms with Gasteiger partial charge in [-0.25, -0.2) is 0 Å². The van der Waals surface area contributed by atoms with E-state index in [4.69, 9.17) is 9.47 Å². The van der Waals surface area contributed by atoms with Gasteiger partial charge in [-0.15, -0.1) is 0 Å². The van der Waals surface area contributed by atoms with E-state index in [0.717, 1.165) is 29.5 Å². The van der Waals surface area contributed by atoms with Crippen LogP contribution in [-0.4, -0.2) is 43.9 Å². The Balaban J connectivity index is 1.81. The van der Waals surface area contributed by atoms with Crippen LogP contribution < -0.4 is 5.32 Å². The molecule has 0 bridgehead atoms. The van der Waals surface area contributed by atoms with Gasteiger partial charge in [0.25, 0.3) is 0 Å². The molecule has 1 atom stereocenters. The fraction of sp³-hybridized carbons (Fsp3) is 0.455. The van der Waals surface area contributed by atoms with Gasteiger partial charge in [-0.2, -0.15) is 0 Å². The molecule has 1 aliphatic rings. The van der Waals surface area contributed by atoms with Crippen LogP contribution in [0.5, 0.6) is 0 Å². The molecule has 27 heavy (non-hydrogen) atoms. The van der Waals surface area contributed by atoms with Gasteiger partial charge in [-0.05, 0) is 48.9 Å². The van der Waals surface area contributed by atoms with Crippen molar-refractivity contribution < 1.29 is 14.3 Å². The first kappa shape index (κ1) is 19.5. The largest absolute Gasteiger partial charge is 0.383 e. The average molecular weight is 368 g/mol. The van der Waals surface area contributed by atoms with Crippen LogP contribution in [-0.2, 0) is 20.7 Å². The number of nitrogens with one attached hydrogen (secondary N) is 1. The summed E-state index contributed by atoms with van der Waals surface area (Å²) in [7, 11) is 1.65. The normalized spacial score (nSPS) is 17.3. The molecule has 2 aromatic rings. The van der Waals surface area contributed by atoms with E-state index in [1.165, 1.54) is 0 Å². The van der Waals surface area contributed by atoms with Gasteiger partial charge >= 0.3 is 0 Å². The molecule has 1 amide bonds. The minimum Gasteiger partial charge on any atom is -0.383 e. The number of carbonyl (C=O) groups excluding carboxylic acids is 1. The third-order valence-electron chi connectivity index (χ3n) is 5.19. The van der Waals surface area contributed by atoms with E-state index in [2.05, 4.69) is 40.6 Å². The fourth-order valence-electron chi connectivity index (χ4n) is 3.70. The number of pyridine rings is 1. The molecule has 3 rings (SSSR count). The van der Waals surface area contributed by atoms with Crippen LogP contribution >= 0.6 is 0 Å². The lowest BCUT2D eigenvalue weighted by molar-refractivity contribution is -0.137. The minimum absolute atomic E-state index is 0.0102. The highest BCUT2D eigenvalue weighted by atomic mass is 16.5. The van der Waals surface area contributed by atoms with E-state index in [-0.39, 0.29) is 11.9 Å². The van der Waals surface area contributed by atoms with Crippen molar-refractivity contribution in [2.45, 2.75) is 32.2 Å². The first-order chi connectivity index (χ1) is 13.1. The van der Waals surface area contributed by atoms with Crippen LogP contribution in [0.4, 0.5) is 0 Å². The number of aromatic nitrogens is 1. The van der Waals surface area contributed by atoms with E-state index in [1.807, 2.05) is 19.2 Å². The summed E-state index contributed by atoms with van der Waals surface area (Å²) in [5.74, 6) is 0.0992. The molecule has 5 nitrogen and oxygen atoms in total. The number of benzene rings is 1. The third-order valence-corrected chi connectivity index (χ3v) is 5.19. The second-order valence-corrected chi connectivity index (χ2v) is 7.34. The zero-order chi connectivity index (χ0) is 19.1. The van der Waals surface area contributed by atoms with E-state index >= 15 is 0 Å². The Hall–Kier alpha value is -2.24. The summed E-state index contributed by atoms with van der Waals surface area (Å²) < 4.78 is 10.7. The summed E-state index contributed by atoms with van der Waals surface area (Å²) in [6.07, 6.45) is 5.81. The van der Waals surface area contributed by atoms with E-state index in [9.17, 15) is 4.79 Å². The van der Waals surface area contributed by atoms with Gasteiger partial charge in [-0.3, -0.25) is 9.78 Å². The van der Waals surface area contributed by atoms with Gasteiger partial charge in [0.2, 0.25) is 5.91 Å². The fourth-order valence-corrected chi connectivity index (χ4v) is 3.70. The van der Waals surface area contributed by atoms with Crippen LogP contribution in [0.3, 0.4) is 0 Å². The molecule has 0 spiro atoms. The summed E-state index contributed by atoms with van der Waals surface area (Å²) in [5.41, 5.74) is 2.93. The third kappa shape index (κ3) is 4.93. The molecule has 0 radical (unpaired) electrons. The zero-order valence-corrected chi connectivity index (χ0v) is 16.1. The Morgan fingerprint density at radius 3 is 2.74 bits per heavy atom. The topological polar surface area (TPSA) is 60.5 Å². The predicted octanol–water partition coefficient (Wildman–Crippen LogP) is 3.24. The van der Waals surface area contributed by atoms with Crippen molar-refractivity contribution in [3.05, 3.63) is 54.4 Å². The maximum atomic E-state index is 13.1. The summed E-state index contributed by atoms with van der Waals surface area (Å²) in [6, 6.07) is 12.4. The van der Waals surface area contributed by atoms with Gasteiger partial charge in [0.1, 0.15) is 0 Å². The SMILES string of the molecule is COCC(C)NC(=O)C1(Cc2cccc(-c3cccnc3)c2)CCOCC1. The van der Waals surface area contributed by atoms with Gasteiger partial charge in [-0.1, -0.05) is 30.3 Å². The van der Waals surface area contributed by atoms with Crippen molar-refractivity contribution in [3.8, 4) is 11.1 Å². The van der Waals surface area contributed by atoms with Gasteiger partial charge < -0.3 is 14.8 Å². The van der Waals surface area contributed by atoms with E-state index in [1.54, 1.807) is 13.3 Å². The van der Waals surface area contributed by atoms with Crippen LogP contribution in [0.15, 0.2) is 48.8 Å². The molecule has 144 valence electrons. The Morgan fingerprint density at radius 2 is 2.04 bits per heavy atom. The van der Waals surface area contributed by atoms with Gasteiger partial charge in [0, 0.05) is 38.8 Å². The van der Waals surface area contributed by atoms with Crippen molar-refractivity contribution in [1.82, 2.24) is 10.3 Å². The number of methoxy groups -OCH3 is 1. The van der Waals surface area contributed by atoms with Crippen molar-refractivity contribution >= 4 is 5.91 Å². The summed E-state index contributed by atoms with van der Waals surface area (Å²) >= 11 is 0. The highest BCUT2D eigenvalue weighted by molar-refractivity contribution is 5.83. The minimum atomic E-state index is -0.437. The first-order valence-corrected chi connectivity index (χ1v) is 9.50. The zero-order valence-electron chi connectivity index (χ0n) is 16.1. The highest BCUT2D eigenvalue weighted by Gasteiger charge is 2.40. The molecule has 1 saturated heterocycles. The highest BCUT2D eigenvalue weighted by Crippen LogP contribution is 2.35. The lowest BCUT2D eigenvalue weighted by Crippen LogP contribution is -2.49. The number of carbonyl (C=O) groups is 1. The number of amides is 1. The lowest BCUT2D eigenvalue weighted by atomic mass is 9.74. The number of rotatable bonds is 7. The van der Waals surface area contributed by atoms with Crippen LogP contribution in [0, 0.1) is 5.41 Å². The molecule has 2 heterocycles. The van der Waals surface area contributed by atoms with Crippen LogP contribution in [0.2, 0.25) is 0 Å². The Morgan fingerprint density at radius 1 is 1.26 bits per heavy atom. The molecule has 1 N–H and O–H groups in total. The molecule has 1 aromatic heterocycles. The maximum absolute atomic E-state index is 13.1. The van der Waals surface area contributed by atoms with E-state index in [0.29, 0.717) is 26.2 Å². The van der Waals surface area contributed by atoms with Crippen molar-refractivity contribution in [1.29, 1.82) is 0 Å². The number of hydrogen-bond donors (Lipinski definition) is 1. The van der Waals surface area contributed by atoms with Gasteiger partial charge in [0.05, 0.1) is 12.0 Å². The molecular weight excluding hydrogens is 340 g/mol. The Labute approximate surface area is 161 Å². The molecule has 1 aromatic carbocycles. The number of ether oxygens (including phenoxy) is 2.